The van der Waals surface area contributed by atoms with Crippen molar-refractivity contribution in [3.05, 3.63) is 35.4 Å². The normalized spacial score (nSPS) is 15.6. The van der Waals surface area contributed by atoms with Crippen molar-refractivity contribution >= 4 is 0 Å². The minimum absolute atomic E-state index is 0.227. The highest BCUT2D eigenvalue weighted by atomic mass is 16.3. The minimum atomic E-state index is -0.561. The van der Waals surface area contributed by atoms with Crippen molar-refractivity contribution < 1.29 is 5.11 Å². The first-order valence-electron chi connectivity index (χ1n) is 5.06. The molecule has 0 aliphatic heterocycles. The Hall–Kier alpha value is -0.860. The summed E-state index contributed by atoms with van der Waals surface area (Å²) < 4.78 is 0. The Morgan fingerprint density at radius 1 is 1.07 bits per heavy atom. The fourth-order valence-corrected chi connectivity index (χ4v) is 1.59. The lowest BCUT2D eigenvalue weighted by Gasteiger charge is -2.20. The number of hydrogen-bond acceptors (Lipinski definition) is 2. The molecule has 1 aromatic rings. The maximum atomic E-state index is 9.90. The third-order valence-corrected chi connectivity index (χ3v) is 2.43. The Bertz CT molecular complexity index is 294. The molecule has 0 amide bonds. The van der Waals surface area contributed by atoms with Gasteiger partial charge >= 0.3 is 0 Å². The quantitative estimate of drug-likeness (QED) is 0.773. The monoisotopic (exact) mass is 193 g/mol. The van der Waals surface area contributed by atoms with Crippen LogP contribution in [0.25, 0.3) is 0 Å². The van der Waals surface area contributed by atoms with Crippen LogP contribution in [0.3, 0.4) is 0 Å². The van der Waals surface area contributed by atoms with E-state index in [1.807, 2.05) is 31.2 Å². The summed E-state index contributed by atoms with van der Waals surface area (Å²) in [6.07, 6.45) is -0.561. The van der Waals surface area contributed by atoms with E-state index < -0.39 is 6.10 Å². The summed E-state index contributed by atoms with van der Waals surface area (Å²) in [4.78, 5) is 0. The first-order chi connectivity index (χ1) is 6.54. The lowest BCUT2D eigenvalue weighted by molar-refractivity contribution is 0.152. The maximum absolute atomic E-state index is 9.90. The fraction of sp³-hybridized carbons (Fsp3) is 0.500. The Kier molecular flexibility index (Phi) is 3.67. The van der Waals surface area contributed by atoms with Crippen LogP contribution in [0.1, 0.15) is 43.9 Å². The van der Waals surface area contributed by atoms with E-state index in [9.17, 15) is 5.11 Å². The molecular weight excluding hydrogens is 174 g/mol. The Morgan fingerprint density at radius 3 is 2.00 bits per heavy atom. The van der Waals surface area contributed by atoms with Crippen LogP contribution in [0.2, 0.25) is 0 Å². The van der Waals surface area contributed by atoms with Crippen LogP contribution in [0.15, 0.2) is 24.3 Å². The SMILES string of the molecule is CC(C)c1ccccc1[C@@H](O)[C@H](C)N. The van der Waals surface area contributed by atoms with E-state index in [1.54, 1.807) is 0 Å². The summed E-state index contributed by atoms with van der Waals surface area (Å²) in [6, 6.07) is 7.70. The van der Waals surface area contributed by atoms with Crippen molar-refractivity contribution in [2.45, 2.75) is 38.8 Å². The molecule has 0 fully saturated rings. The van der Waals surface area contributed by atoms with Gasteiger partial charge in [0, 0.05) is 6.04 Å². The number of rotatable bonds is 3. The van der Waals surface area contributed by atoms with Crippen molar-refractivity contribution in [3.8, 4) is 0 Å². The van der Waals surface area contributed by atoms with E-state index in [0.717, 1.165) is 5.56 Å². The van der Waals surface area contributed by atoms with Crippen molar-refractivity contribution in [1.29, 1.82) is 0 Å². The Labute approximate surface area is 85.8 Å². The van der Waals surface area contributed by atoms with E-state index in [2.05, 4.69) is 13.8 Å². The van der Waals surface area contributed by atoms with E-state index in [0.29, 0.717) is 5.92 Å². The number of aliphatic hydroxyl groups excluding tert-OH is 1. The Morgan fingerprint density at radius 2 is 1.57 bits per heavy atom. The first kappa shape index (κ1) is 11.2. The van der Waals surface area contributed by atoms with Crippen LogP contribution in [-0.4, -0.2) is 11.1 Å². The zero-order valence-electron chi connectivity index (χ0n) is 9.07. The molecule has 2 atom stereocenters. The van der Waals surface area contributed by atoms with Gasteiger partial charge < -0.3 is 10.8 Å². The molecule has 0 saturated carbocycles. The standard InChI is InChI=1S/C12H19NO/c1-8(2)10-6-4-5-7-11(10)12(14)9(3)13/h4-9,12,14H,13H2,1-3H3/t9-,12-/m0/s1. The molecule has 78 valence electrons. The Balaban J connectivity index is 3.06. The molecule has 0 aliphatic rings. The van der Waals surface area contributed by atoms with Crippen LogP contribution in [0, 0.1) is 0 Å². The number of aliphatic hydroxyl groups is 1. The van der Waals surface area contributed by atoms with Gasteiger partial charge in [-0.15, -0.1) is 0 Å². The summed E-state index contributed by atoms with van der Waals surface area (Å²) >= 11 is 0. The molecule has 1 rings (SSSR count). The van der Waals surface area contributed by atoms with Gasteiger partial charge in [0.15, 0.2) is 0 Å². The van der Waals surface area contributed by atoms with Crippen molar-refractivity contribution in [1.82, 2.24) is 0 Å². The van der Waals surface area contributed by atoms with Crippen molar-refractivity contribution in [2.24, 2.45) is 5.73 Å². The molecular formula is C12H19NO. The van der Waals surface area contributed by atoms with Gasteiger partial charge in [0.1, 0.15) is 0 Å². The van der Waals surface area contributed by atoms with Gasteiger partial charge in [0.25, 0.3) is 0 Å². The molecule has 0 heterocycles. The molecule has 0 spiro atoms. The number of nitrogens with two attached hydrogens (primary N) is 1. The van der Waals surface area contributed by atoms with E-state index in [1.165, 1.54) is 5.56 Å². The molecule has 0 aromatic heterocycles. The highest BCUT2D eigenvalue weighted by Crippen LogP contribution is 2.25. The number of benzene rings is 1. The van der Waals surface area contributed by atoms with E-state index in [4.69, 9.17) is 5.73 Å². The molecule has 3 N–H and O–H groups in total. The maximum Gasteiger partial charge on any atom is 0.0940 e. The fourth-order valence-electron chi connectivity index (χ4n) is 1.59. The van der Waals surface area contributed by atoms with Crippen LogP contribution in [0.5, 0.6) is 0 Å². The minimum Gasteiger partial charge on any atom is -0.387 e. The largest absolute Gasteiger partial charge is 0.387 e. The first-order valence-corrected chi connectivity index (χ1v) is 5.06. The van der Waals surface area contributed by atoms with Crippen LogP contribution in [0.4, 0.5) is 0 Å². The molecule has 1 aromatic carbocycles. The summed E-state index contributed by atoms with van der Waals surface area (Å²) in [5, 5.41) is 9.90. The molecule has 0 unspecified atom stereocenters. The highest BCUT2D eigenvalue weighted by molar-refractivity contribution is 5.32. The molecule has 2 heteroatoms. The molecule has 0 radical (unpaired) electrons. The van der Waals surface area contributed by atoms with E-state index >= 15 is 0 Å². The van der Waals surface area contributed by atoms with Crippen LogP contribution >= 0.6 is 0 Å². The van der Waals surface area contributed by atoms with E-state index in [-0.39, 0.29) is 6.04 Å². The molecule has 2 nitrogen and oxygen atoms in total. The second-order valence-corrected chi connectivity index (χ2v) is 4.09. The summed E-state index contributed by atoms with van der Waals surface area (Å²) in [7, 11) is 0. The van der Waals surface area contributed by atoms with Gasteiger partial charge in [-0.3, -0.25) is 0 Å². The predicted octanol–water partition coefficient (Wildman–Crippen LogP) is 2.19. The molecule has 0 aliphatic carbocycles. The summed E-state index contributed by atoms with van der Waals surface area (Å²) in [5.41, 5.74) is 7.82. The van der Waals surface area contributed by atoms with Gasteiger partial charge in [0.05, 0.1) is 6.10 Å². The molecule has 0 saturated heterocycles. The van der Waals surface area contributed by atoms with Gasteiger partial charge in [-0.1, -0.05) is 38.1 Å². The van der Waals surface area contributed by atoms with Crippen molar-refractivity contribution in [2.75, 3.05) is 0 Å². The second kappa shape index (κ2) is 4.58. The van der Waals surface area contributed by atoms with Gasteiger partial charge in [-0.05, 0) is 24.0 Å². The van der Waals surface area contributed by atoms with Gasteiger partial charge in [-0.2, -0.15) is 0 Å². The third kappa shape index (κ3) is 2.34. The average Bonchev–Trinajstić information content (AvgIpc) is 2.16. The highest BCUT2D eigenvalue weighted by Gasteiger charge is 2.16. The summed E-state index contributed by atoms with van der Waals surface area (Å²) in [5.74, 6) is 0.416. The molecule has 0 bridgehead atoms. The predicted molar refractivity (Wildman–Crippen MR) is 59.1 cm³/mol. The molecule has 14 heavy (non-hydrogen) atoms. The average molecular weight is 193 g/mol. The summed E-state index contributed by atoms with van der Waals surface area (Å²) in [6.45, 7) is 6.06. The zero-order chi connectivity index (χ0) is 10.7. The van der Waals surface area contributed by atoms with Gasteiger partial charge in [0.2, 0.25) is 0 Å². The topological polar surface area (TPSA) is 46.2 Å². The lowest BCUT2D eigenvalue weighted by atomic mass is 9.92. The van der Waals surface area contributed by atoms with Gasteiger partial charge in [-0.25, -0.2) is 0 Å². The number of hydrogen-bond donors (Lipinski definition) is 2. The van der Waals surface area contributed by atoms with Crippen LogP contribution in [-0.2, 0) is 0 Å². The zero-order valence-corrected chi connectivity index (χ0v) is 9.07. The lowest BCUT2D eigenvalue weighted by Crippen LogP contribution is -2.25. The van der Waals surface area contributed by atoms with Crippen molar-refractivity contribution in [3.63, 3.8) is 0 Å². The third-order valence-electron chi connectivity index (χ3n) is 2.43. The van der Waals surface area contributed by atoms with Crippen LogP contribution < -0.4 is 5.73 Å². The smallest absolute Gasteiger partial charge is 0.0940 e. The second-order valence-electron chi connectivity index (χ2n) is 4.09.